The molecule has 116 valence electrons. The first-order valence-electron chi connectivity index (χ1n) is 6.74. The topological polar surface area (TPSA) is 76.1 Å². The predicted octanol–water partition coefficient (Wildman–Crippen LogP) is 2.04. The van der Waals surface area contributed by atoms with Crippen molar-refractivity contribution in [2.45, 2.75) is 6.92 Å². The number of halogens is 1. The Morgan fingerprint density at radius 1 is 1.32 bits per heavy atom. The van der Waals surface area contributed by atoms with Gasteiger partial charge in [-0.3, -0.25) is 4.79 Å². The lowest BCUT2D eigenvalue weighted by Gasteiger charge is -2.09. The van der Waals surface area contributed by atoms with E-state index < -0.39 is 0 Å². The molecule has 0 aliphatic heterocycles. The molecule has 0 unspecified atom stereocenters. The molecule has 2 rings (SSSR count). The number of carbonyl (C=O) groups is 1. The van der Waals surface area contributed by atoms with Crippen molar-refractivity contribution in [3.05, 3.63) is 47.7 Å². The molecular weight excluding hydrogens is 287 g/mol. The standard InChI is InChI=1S/C15H17FN4O2/c1-10-18-13(15(21)17-6-7-22-2)9-14(19-10)20-12-5-3-4-11(16)8-12/h3-5,8-9H,6-7H2,1-2H3,(H,17,21)(H,18,19,20). The highest BCUT2D eigenvalue weighted by molar-refractivity contribution is 5.93. The largest absolute Gasteiger partial charge is 0.383 e. The van der Waals surface area contributed by atoms with Crippen molar-refractivity contribution in [3.63, 3.8) is 0 Å². The summed E-state index contributed by atoms with van der Waals surface area (Å²) in [4.78, 5) is 20.3. The molecule has 0 saturated carbocycles. The molecule has 1 aromatic carbocycles. The molecule has 0 bridgehead atoms. The van der Waals surface area contributed by atoms with E-state index in [1.54, 1.807) is 26.2 Å². The first kappa shape index (κ1) is 15.8. The Kier molecular flexibility index (Phi) is 5.37. The number of methoxy groups -OCH3 is 1. The molecule has 7 heteroatoms. The van der Waals surface area contributed by atoms with E-state index in [-0.39, 0.29) is 17.4 Å². The number of amides is 1. The first-order valence-corrected chi connectivity index (χ1v) is 6.74. The summed E-state index contributed by atoms with van der Waals surface area (Å²) >= 11 is 0. The van der Waals surface area contributed by atoms with Crippen molar-refractivity contribution < 1.29 is 13.9 Å². The van der Waals surface area contributed by atoms with Gasteiger partial charge in [-0.15, -0.1) is 0 Å². The lowest BCUT2D eigenvalue weighted by molar-refractivity contribution is 0.0931. The number of aryl methyl sites for hydroxylation is 1. The number of anilines is 2. The Hall–Kier alpha value is -2.54. The van der Waals surface area contributed by atoms with Gasteiger partial charge in [-0.05, 0) is 25.1 Å². The highest BCUT2D eigenvalue weighted by atomic mass is 19.1. The highest BCUT2D eigenvalue weighted by Crippen LogP contribution is 2.16. The van der Waals surface area contributed by atoms with Crippen molar-refractivity contribution in [2.24, 2.45) is 0 Å². The van der Waals surface area contributed by atoms with E-state index in [0.717, 1.165) is 0 Å². The average Bonchev–Trinajstić information content (AvgIpc) is 2.46. The van der Waals surface area contributed by atoms with Gasteiger partial charge in [0.2, 0.25) is 0 Å². The van der Waals surface area contributed by atoms with E-state index in [4.69, 9.17) is 4.74 Å². The van der Waals surface area contributed by atoms with Gasteiger partial charge in [0, 0.05) is 25.4 Å². The van der Waals surface area contributed by atoms with E-state index in [9.17, 15) is 9.18 Å². The predicted molar refractivity (Wildman–Crippen MR) is 80.7 cm³/mol. The van der Waals surface area contributed by atoms with Crippen molar-refractivity contribution in [1.29, 1.82) is 0 Å². The molecule has 0 radical (unpaired) electrons. The number of rotatable bonds is 6. The molecule has 2 N–H and O–H groups in total. The smallest absolute Gasteiger partial charge is 0.270 e. The zero-order valence-electron chi connectivity index (χ0n) is 12.4. The van der Waals surface area contributed by atoms with Gasteiger partial charge >= 0.3 is 0 Å². The fourth-order valence-electron chi connectivity index (χ4n) is 1.82. The van der Waals surface area contributed by atoms with Gasteiger partial charge in [-0.25, -0.2) is 14.4 Å². The zero-order chi connectivity index (χ0) is 15.9. The molecule has 1 heterocycles. The van der Waals surface area contributed by atoms with Crippen LogP contribution in [0.4, 0.5) is 15.9 Å². The number of nitrogens with one attached hydrogen (secondary N) is 2. The molecule has 1 aromatic heterocycles. The third-order valence-corrected chi connectivity index (χ3v) is 2.76. The minimum atomic E-state index is -0.353. The first-order chi connectivity index (χ1) is 10.6. The van der Waals surface area contributed by atoms with Crippen molar-refractivity contribution in [2.75, 3.05) is 25.6 Å². The maximum atomic E-state index is 13.2. The van der Waals surface area contributed by atoms with E-state index in [0.29, 0.717) is 30.5 Å². The Morgan fingerprint density at radius 3 is 2.86 bits per heavy atom. The number of carbonyl (C=O) groups excluding carboxylic acids is 1. The minimum absolute atomic E-state index is 0.238. The summed E-state index contributed by atoms with van der Waals surface area (Å²) in [5.74, 6) is 0.200. The molecule has 0 aliphatic rings. The molecule has 0 aliphatic carbocycles. The van der Waals surface area contributed by atoms with Crippen molar-refractivity contribution >= 4 is 17.4 Å². The van der Waals surface area contributed by atoms with Crippen molar-refractivity contribution in [3.8, 4) is 0 Å². The van der Waals surface area contributed by atoms with E-state index in [2.05, 4.69) is 20.6 Å². The molecule has 0 spiro atoms. The Balaban J connectivity index is 2.14. The van der Waals surface area contributed by atoms with Gasteiger partial charge in [-0.1, -0.05) is 6.07 Å². The van der Waals surface area contributed by atoms with Gasteiger partial charge in [0.05, 0.1) is 6.61 Å². The molecule has 0 fully saturated rings. The lowest BCUT2D eigenvalue weighted by atomic mass is 10.3. The molecule has 6 nitrogen and oxygen atoms in total. The zero-order valence-corrected chi connectivity index (χ0v) is 12.4. The van der Waals surface area contributed by atoms with E-state index in [1.807, 2.05) is 0 Å². The summed E-state index contributed by atoms with van der Waals surface area (Å²) in [6.07, 6.45) is 0. The van der Waals surface area contributed by atoms with Crippen LogP contribution in [0.25, 0.3) is 0 Å². The van der Waals surface area contributed by atoms with Crippen LogP contribution in [0.1, 0.15) is 16.3 Å². The molecule has 22 heavy (non-hydrogen) atoms. The summed E-state index contributed by atoms with van der Waals surface area (Å²) in [7, 11) is 1.56. The molecular formula is C15H17FN4O2. The molecule has 1 amide bonds. The third-order valence-electron chi connectivity index (χ3n) is 2.76. The van der Waals surface area contributed by atoms with Gasteiger partial charge < -0.3 is 15.4 Å². The van der Waals surface area contributed by atoms with E-state index >= 15 is 0 Å². The summed E-state index contributed by atoms with van der Waals surface area (Å²) in [5.41, 5.74) is 0.784. The maximum absolute atomic E-state index is 13.2. The van der Waals surface area contributed by atoms with Crippen LogP contribution in [0, 0.1) is 12.7 Å². The quantitative estimate of drug-likeness (QED) is 0.799. The van der Waals surface area contributed by atoms with Gasteiger partial charge in [-0.2, -0.15) is 0 Å². The second-order valence-corrected chi connectivity index (χ2v) is 4.57. The van der Waals surface area contributed by atoms with Crippen LogP contribution in [-0.4, -0.2) is 36.1 Å². The minimum Gasteiger partial charge on any atom is -0.383 e. The Labute approximate surface area is 127 Å². The lowest BCUT2D eigenvalue weighted by Crippen LogP contribution is -2.28. The molecule has 0 atom stereocenters. The highest BCUT2D eigenvalue weighted by Gasteiger charge is 2.10. The fourth-order valence-corrected chi connectivity index (χ4v) is 1.82. The second kappa shape index (κ2) is 7.46. The third kappa shape index (κ3) is 4.49. The number of hydrogen-bond acceptors (Lipinski definition) is 5. The number of ether oxygens (including phenoxy) is 1. The summed E-state index contributed by atoms with van der Waals surface area (Å²) in [6, 6.07) is 7.50. The maximum Gasteiger partial charge on any atom is 0.270 e. The molecule has 2 aromatic rings. The van der Waals surface area contributed by atoms with Crippen LogP contribution >= 0.6 is 0 Å². The van der Waals surface area contributed by atoms with E-state index in [1.165, 1.54) is 18.2 Å². The van der Waals surface area contributed by atoms with Crippen LogP contribution < -0.4 is 10.6 Å². The number of hydrogen-bond donors (Lipinski definition) is 2. The van der Waals surface area contributed by atoms with Crippen LogP contribution in [0.2, 0.25) is 0 Å². The van der Waals surface area contributed by atoms with Crippen LogP contribution in [0.15, 0.2) is 30.3 Å². The SMILES string of the molecule is COCCNC(=O)c1cc(Nc2cccc(F)c2)nc(C)n1. The monoisotopic (exact) mass is 304 g/mol. The molecule has 0 saturated heterocycles. The second-order valence-electron chi connectivity index (χ2n) is 4.57. The fraction of sp³-hybridized carbons (Fsp3) is 0.267. The Bertz CT molecular complexity index is 664. The van der Waals surface area contributed by atoms with Gasteiger partial charge in [0.25, 0.3) is 5.91 Å². The summed E-state index contributed by atoms with van der Waals surface area (Å²) in [6.45, 7) is 2.50. The van der Waals surface area contributed by atoms with Gasteiger partial charge in [0.15, 0.2) is 0 Å². The van der Waals surface area contributed by atoms with Crippen LogP contribution in [0.3, 0.4) is 0 Å². The number of aromatic nitrogens is 2. The normalized spacial score (nSPS) is 10.3. The number of benzene rings is 1. The summed E-state index contributed by atoms with van der Waals surface area (Å²) in [5, 5.41) is 5.64. The van der Waals surface area contributed by atoms with Crippen LogP contribution in [0.5, 0.6) is 0 Å². The van der Waals surface area contributed by atoms with Gasteiger partial charge in [0.1, 0.15) is 23.2 Å². The summed E-state index contributed by atoms with van der Waals surface area (Å²) < 4.78 is 18.1. The Morgan fingerprint density at radius 2 is 2.14 bits per heavy atom. The average molecular weight is 304 g/mol. The van der Waals surface area contributed by atoms with Crippen LogP contribution in [-0.2, 0) is 4.74 Å². The number of nitrogens with zero attached hydrogens (tertiary/aromatic N) is 2. The van der Waals surface area contributed by atoms with Crippen molar-refractivity contribution in [1.82, 2.24) is 15.3 Å².